The monoisotopic (exact) mass is 675 g/mol. The molecule has 2 N–H and O–H groups in total. The molecule has 1 amide bonds. The first-order valence-corrected chi connectivity index (χ1v) is 17.4. The topological polar surface area (TPSA) is 101 Å². The zero-order valence-electron chi connectivity index (χ0n) is 28.2. The average molecular weight is 676 g/mol. The molecule has 0 fully saturated rings. The number of rotatable bonds is 11. The Morgan fingerprint density at radius 1 is 0.878 bits per heavy atom. The summed E-state index contributed by atoms with van der Waals surface area (Å²) in [7, 11) is 0.278. The lowest BCUT2D eigenvalue weighted by molar-refractivity contribution is 0.0946. The number of nitrogens with one attached hydrogen (secondary N) is 1. The van der Waals surface area contributed by atoms with E-state index in [1.165, 1.54) is 0 Å². The molecule has 1 aliphatic heterocycles. The van der Waals surface area contributed by atoms with Crippen LogP contribution in [0.5, 0.6) is 17.2 Å². The standard InChI is InChI=1S/C40H41N3O5S/c1-40(2,3)49(46)43-26-31-24-35(39(45)41-25-27-16-18-33(19-17-27)48-32-13-6-5-7-14-32)42-38(37(31)36(43)20-21-44)30-12-8-10-28(22-30)29-11-9-15-34(23-29)47-4/h5-19,22-24,36,44H,20-21,25-26H2,1-4H3,(H,41,45)/t36-,49?/m0/s1. The lowest BCUT2D eigenvalue weighted by atomic mass is 9.94. The first-order chi connectivity index (χ1) is 23.6. The van der Waals surface area contributed by atoms with Crippen molar-refractivity contribution < 1.29 is 23.6 Å². The second kappa shape index (κ2) is 14.7. The number of aliphatic hydroxyl groups is 1. The summed E-state index contributed by atoms with van der Waals surface area (Å²) in [5.74, 6) is 1.90. The smallest absolute Gasteiger partial charge is 0.270 e. The maximum atomic E-state index is 13.8. The van der Waals surface area contributed by atoms with Gasteiger partial charge in [-0.25, -0.2) is 13.5 Å². The Hall–Kier alpha value is -4.83. The van der Waals surface area contributed by atoms with E-state index in [1.807, 2.05) is 122 Å². The highest BCUT2D eigenvalue weighted by atomic mass is 32.2. The van der Waals surface area contributed by atoms with Crippen molar-refractivity contribution in [1.29, 1.82) is 0 Å². The van der Waals surface area contributed by atoms with Gasteiger partial charge in [-0.1, -0.05) is 60.7 Å². The number of nitrogens with zero attached hydrogens (tertiary/aromatic N) is 2. The largest absolute Gasteiger partial charge is 0.497 e. The van der Waals surface area contributed by atoms with Gasteiger partial charge in [0.2, 0.25) is 0 Å². The van der Waals surface area contributed by atoms with Gasteiger partial charge < -0.3 is 19.9 Å². The van der Waals surface area contributed by atoms with E-state index < -0.39 is 15.7 Å². The number of para-hydroxylation sites is 1. The number of hydrogen-bond acceptors (Lipinski definition) is 6. The summed E-state index contributed by atoms with van der Waals surface area (Å²) in [6, 6.07) is 34.5. The number of carbonyl (C=O) groups is 1. The number of pyridine rings is 1. The number of aromatic nitrogens is 1. The molecule has 1 unspecified atom stereocenters. The second-order valence-electron chi connectivity index (χ2n) is 12.9. The van der Waals surface area contributed by atoms with E-state index in [0.29, 0.717) is 31.0 Å². The third-order valence-electron chi connectivity index (χ3n) is 8.42. The average Bonchev–Trinajstić information content (AvgIpc) is 3.48. The van der Waals surface area contributed by atoms with Crippen LogP contribution < -0.4 is 14.8 Å². The molecule has 49 heavy (non-hydrogen) atoms. The highest BCUT2D eigenvalue weighted by Crippen LogP contribution is 2.44. The third-order valence-corrected chi connectivity index (χ3v) is 10.3. The number of aliphatic hydroxyl groups excluding tert-OH is 1. The Bertz CT molecular complexity index is 1960. The molecule has 2 atom stereocenters. The zero-order chi connectivity index (χ0) is 34.5. The van der Waals surface area contributed by atoms with E-state index in [4.69, 9.17) is 14.5 Å². The summed E-state index contributed by atoms with van der Waals surface area (Å²) in [5.41, 5.74) is 6.36. The third kappa shape index (κ3) is 7.75. The molecule has 1 aromatic heterocycles. The molecule has 6 rings (SSSR count). The van der Waals surface area contributed by atoms with Crippen molar-refractivity contribution in [2.75, 3.05) is 13.7 Å². The molecule has 8 nitrogen and oxygen atoms in total. The summed E-state index contributed by atoms with van der Waals surface area (Å²) in [6.45, 7) is 6.42. The Morgan fingerprint density at radius 3 is 2.22 bits per heavy atom. The van der Waals surface area contributed by atoms with Crippen LogP contribution in [0.1, 0.15) is 60.4 Å². The number of ether oxygens (including phenoxy) is 2. The van der Waals surface area contributed by atoms with Crippen molar-refractivity contribution in [2.24, 2.45) is 0 Å². The molecule has 4 aromatic carbocycles. The minimum absolute atomic E-state index is 0.0807. The van der Waals surface area contributed by atoms with Crippen LogP contribution in [-0.4, -0.2) is 43.0 Å². The van der Waals surface area contributed by atoms with E-state index in [0.717, 1.165) is 44.9 Å². The fourth-order valence-corrected chi connectivity index (χ4v) is 7.43. The predicted octanol–water partition coefficient (Wildman–Crippen LogP) is 7.85. The van der Waals surface area contributed by atoms with Crippen LogP contribution in [0.4, 0.5) is 0 Å². The van der Waals surface area contributed by atoms with Gasteiger partial charge in [-0.3, -0.25) is 4.79 Å². The van der Waals surface area contributed by atoms with Crippen molar-refractivity contribution in [1.82, 2.24) is 14.6 Å². The summed E-state index contributed by atoms with van der Waals surface area (Å²) in [6.07, 6.45) is 0.384. The molecule has 0 saturated heterocycles. The van der Waals surface area contributed by atoms with Gasteiger partial charge >= 0.3 is 0 Å². The lowest BCUT2D eigenvalue weighted by Gasteiger charge is -2.30. The minimum atomic E-state index is -1.36. The van der Waals surface area contributed by atoms with Crippen LogP contribution in [0.25, 0.3) is 22.4 Å². The van der Waals surface area contributed by atoms with Gasteiger partial charge in [0.15, 0.2) is 0 Å². The fourth-order valence-electron chi connectivity index (χ4n) is 6.03. The molecule has 0 aliphatic carbocycles. The number of carbonyl (C=O) groups excluding carboxylic acids is 1. The predicted molar refractivity (Wildman–Crippen MR) is 194 cm³/mol. The highest BCUT2D eigenvalue weighted by molar-refractivity contribution is 7.84. The molecule has 0 saturated carbocycles. The number of hydrogen-bond donors (Lipinski definition) is 2. The first kappa shape index (κ1) is 34.0. The molecule has 0 radical (unpaired) electrons. The Balaban J connectivity index is 1.33. The van der Waals surface area contributed by atoms with Gasteiger partial charge in [0.25, 0.3) is 5.91 Å². The molecule has 0 bridgehead atoms. The molecule has 0 spiro atoms. The summed E-state index contributed by atoms with van der Waals surface area (Å²) in [5, 5.41) is 13.2. The molecular weight excluding hydrogens is 635 g/mol. The number of fused-ring (bicyclic) bond motifs is 1. The van der Waals surface area contributed by atoms with Crippen molar-refractivity contribution in [3.63, 3.8) is 0 Å². The molecule has 1 aliphatic rings. The Morgan fingerprint density at radius 2 is 1.53 bits per heavy atom. The summed E-state index contributed by atoms with van der Waals surface area (Å²) < 4.78 is 26.6. The van der Waals surface area contributed by atoms with E-state index in [-0.39, 0.29) is 24.2 Å². The second-order valence-corrected chi connectivity index (χ2v) is 15.1. The number of amides is 1. The van der Waals surface area contributed by atoms with E-state index in [9.17, 15) is 14.1 Å². The van der Waals surface area contributed by atoms with E-state index in [1.54, 1.807) is 13.2 Å². The van der Waals surface area contributed by atoms with Crippen LogP contribution in [0.15, 0.2) is 109 Å². The van der Waals surface area contributed by atoms with Gasteiger partial charge in [0, 0.05) is 30.8 Å². The van der Waals surface area contributed by atoms with Crippen LogP contribution >= 0.6 is 0 Å². The molecule has 9 heteroatoms. The van der Waals surface area contributed by atoms with Crippen molar-refractivity contribution in [3.8, 4) is 39.6 Å². The van der Waals surface area contributed by atoms with Gasteiger partial charge in [0.05, 0.1) is 23.6 Å². The number of benzene rings is 4. The van der Waals surface area contributed by atoms with Gasteiger partial charge in [0.1, 0.15) is 33.9 Å². The van der Waals surface area contributed by atoms with Gasteiger partial charge in [-0.15, -0.1) is 0 Å². The van der Waals surface area contributed by atoms with Crippen molar-refractivity contribution >= 4 is 16.9 Å². The highest BCUT2D eigenvalue weighted by Gasteiger charge is 2.40. The van der Waals surface area contributed by atoms with Crippen LogP contribution in [0.2, 0.25) is 0 Å². The molecule has 2 heterocycles. The van der Waals surface area contributed by atoms with Gasteiger partial charge in [-0.05, 0) is 98.0 Å². The first-order valence-electron chi connectivity index (χ1n) is 16.3. The van der Waals surface area contributed by atoms with Crippen LogP contribution in [-0.2, 0) is 24.1 Å². The Kier molecular flexibility index (Phi) is 10.2. The molecule has 5 aromatic rings. The molecule has 252 valence electrons. The van der Waals surface area contributed by atoms with E-state index in [2.05, 4.69) is 11.4 Å². The minimum Gasteiger partial charge on any atom is -0.497 e. The van der Waals surface area contributed by atoms with Crippen LogP contribution in [0, 0.1) is 0 Å². The van der Waals surface area contributed by atoms with E-state index >= 15 is 0 Å². The molecular formula is C40H41N3O5S. The normalized spacial score (nSPS) is 15.0. The van der Waals surface area contributed by atoms with Crippen molar-refractivity contribution in [3.05, 3.63) is 132 Å². The summed E-state index contributed by atoms with van der Waals surface area (Å²) in [4.78, 5) is 18.7. The maximum Gasteiger partial charge on any atom is 0.270 e. The SMILES string of the molecule is COc1cccc(-c2cccc(-c3nc(C(=O)NCc4ccc(Oc5ccccc5)cc4)cc4c3[C@H](CCO)N(S(=O)C(C)(C)C)C4)c2)c1. The van der Waals surface area contributed by atoms with Crippen molar-refractivity contribution in [2.45, 2.75) is 51.1 Å². The maximum absolute atomic E-state index is 13.8. The van der Waals surface area contributed by atoms with Crippen LogP contribution in [0.3, 0.4) is 0 Å². The Labute approximate surface area is 290 Å². The van der Waals surface area contributed by atoms with Gasteiger partial charge in [-0.2, -0.15) is 0 Å². The zero-order valence-corrected chi connectivity index (χ0v) is 29.0. The quantitative estimate of drug-likeness (QED) is 0.148. The fraction of sp³-hybridized carbons (Fsp3) is 0.250. The number of methoxy groups -OCH3 is 1. The summed E-state index contributed by atoms with van der Waals surface area (Å²) >= 11 is 0. The lowest BCUT2D eigenvalue weighted by Crippen LogP contribution is -2.36.